The van der Waals surface area contributed by atoms with Gasteiger partial charge in [-0.05, 0) is 44.2 Å². The Kier molecular flexibility index (Phi) is 7.13. The van der Waals surface area contributed by atoms with Crippen LogP contribution in [0.25, 0.3) is 10.6 Å². The molecular formula is C22H24N2O5S. The predicted molar refractivity (Wildman–Crippen MR) is 117 cm³/mol. The summed E-state index contributed by atoms with van der Waals surface area (Å²) < 4.78 is 21.8. The standard InChI is InChI=1S/C22H24N2O5S/c1-5-28-18-10-8-15(12-20(18)29-6-2)23-21(25)16-13-30-22(24-16)14-7-9-17(26-3)19(11-14)27-4/h7-13H,5-6H2,1-4H3,(H,23,25). The van der Waals surface area contributed by atoms with Gasteiger partial charge in [-0.15, -0.1) is 11.3 Å². The van der Waals surface area contributed by atoms with Gasteiger partial charge in [0, 0.05) is 22.7 Å². The largest absolute Gasteiger partial charge is 0.493 e. The number of ether oxygens (including phenoxy) is 4. The minimum Gasteiger partial charge on any atom is -0.493 e. The van der Waals surface area contributed by atoms with Gasteiger partial charge in [0.2, 0.25) is 0 Å². The molecule has 1 N–H and O–H groups in total. The third-order valence-corrected chi connectivity index (χ3v) is 5.06. The molecule has 0 atom stereocenters. The predicted octanol–water partition coefficient (Wildman–Crippen LogP) is 4.88. The van der Waals surface area contributed by atoms with Crippen LogP contribution in [-0.2, 0) is 0 Å². The summed E-state index contributed by atoms with van der Waals surface area (Å²) in [5.74, 6) is 2.16. The highest BCUT2D eigenvalue weighted by Crippen LogP contribution is 2.34. The van der Waals surface area contributed by atoms with Crippen LogP contribution in [0.15, 0.2) is 41.8 Å². The number of thiazole rings is 1. The molecule has 1 heterocycles. The molecule has 3 rings (SSSR count). The lowest BCUT2D eigenvalue weighted by molar-refractivity contribution is 0.102. The molecule has 0 aliphatic rings. The summed E-state index contributed by atoms with van der Waals surface area (Å²) in [5.41, 5.74) is 1.78. The average Bonchev–Trinajstić information content (AvgIpc) is 3.26. The van der Waals surface area contributed by atoms with Gasteiger partial charge in [-0.3, -0.25) is 4.79 Å². The van der Waals surface area contributed by atoms with E-state index in [-0.39, 0.29) is 5.91 Å². The van der Waals surface area contributed by atoms with Crippen molar-refractivity contribution in [1.82, 2.24) is 4.98 Å². The Morgan fingerprint density at radius 3 is 2.33 bits per heavy atom. The van der Waals surface area contributed by atoms with Gasteiger partial charge in [-0.25, -0.2) is 4.98 Å². The van der Waals surface area contributed by atoms with Gasteiger partial charge in [-0.1, -0.05) is 0 Å². The number of methoxy groups -OCH3 is 2. The smallest absolute Gasteiger partial charge is 0.275 e. The van der Waals surface area contributed by atoms with Crippen LogP contribution in [0.5, 0.6) is 23.0 Å². The van der Waals surface area contributed by atoms with Gasteiger partial charge >= 0.3 is 0 Å². The molecule has 7 nitrogen and oxygen atoms in total. The van der Waals surface area contributed by atoms with Crippen molar-refractivity contribution in [1.29, 1.82) is 0 Å². The summed E-state index contributed by atoms with van der Waals surface area (Å²) in [6.45, 7) is 4.83. The second-order valence-corrected chi connectivity index (χ2v) is 6.95. The topological polar surface area (TPSA) is 78.9 Å². The lowest BCUT2D eigenvalue weighted by Crippen LogP contribution is -2.12. The molecule has 1 amide bonds. The highest BCUT2D eigenvalue weighted by Gasteiger charge is 2.15. The van der Waals surface area contributed by atoms with Crippen LogP contribution in [0.4, 0.5) is 5.69 Å². The van der Waals surface area contributed by atoms with Crippen molar-refractivity contribution in [2.24, 2.45) is 0 Å². The van der Waals surface area contributed by atoms with E-state index in [0.717, 1.165) is 5.56 Å². The van der Waals surface area contributed by atoms with Crippen LogP contribution in [0.1, 0.15) is 24.3 Å². The molecule has 3 aromatic rings. The maximum absolute atomic E-state index is 12.7. The maximum atomic E-state index is 12.7. The zero-order valence-corrected chi connectivity index (χ0v) is 18.2. The van der Waals surface area contributed by atoms with Gasteiger partial charge in [0.15, 0.2) is 23.0 Å². The fourth-order valence-corrected chi connectivity index (χ4v) is 3.60. The number of carbonyl (C=O) groups is 1. The molecule has 0 aliphatic heterocycles. The number of nitrogens with one attached hydrogen (secondary N) is 1. The quantitative estimate of drug-likeness (QED) is 0.523. The fraction of sp³-hybridized carbons (Fsp3) is 0.273. The number of hydrogen-bond donors (Lipinski definition) is 1. The number of nitrogens with zero attached hydrogens (tertiary/aromatic N) is 1. The van der Waals surface area contributed by atoms with E-state index >= 15 is 0 Å². The molecule has 0 aliphatic carbocycles. The van der Waals surface area contributed by atoms with Crippen LogP contribution < -0.4 is 24.3 Å². The normalized spacial score (nSPS) is 10.4. The van der Waals surface area contributed by atoms with E-state index in [1.54, 1.807) is 37.8 Å². The van der Waals surface area contributed by atoms with Crippen molar-refractivity contribution < 1.29 is 23.7 Å². The van der Waals surface area contributed by atoms with E-state index in [1.165, 1.54) is 11.3 Å². The van der Waals surface area contributed by atoms with E-state index in [1.807, 2.05) is 32.0 Å². The van der Waals surface area contributed by atoms with E-state index in [4.69, 9.17) is 18.9 Å². The summed E-state index contributed by atoms with van der Waals surface area (Å²) in [6.07, 6.45) is 0. The third-order valence-electron chi connectivity index (χ3n) is 4.17. The number of aromatic nitrogens is 1. The Morgan fingerprint density at radius 1 is 0.933 bits per heavy atom. The van der Waals surface area contributed by atoms with Crippen molar-refractivity contribution in [2.45, 2.75) is 13.8 Å². The summed E-state index contributed by atoms with van der Waals surface area (Å²) >= 11 is 1.38. The first-order valence-corrected chi connectivity index (χ1v) is 10.4. The van der Waals surface area contributed by atoms with Crippen LogP contribution in [0.3, 0.4) is 0 Å². The van der Waals surface area contributed by atoms with Crippen LogP contribution >= 0.6 is 11.3 Å². The van der Waals surface area contributed by atoms with Crippen LogP contribution in [0.2, 0.25) is 0 Å². The van der Waals surface area contributed by atoms with Crippen molar-refractivity contribution in [2.75, 3.05) is 32.8 Å². The molecule has 0 radical (unpaired) electrons. The Balaban J connectivity index is 1.78. The highest BCUT2D eigenvalue weighted by atomic mass is 32.1. The first-order valence-electron chi connectivity index (χ1n) is 9.48. The second kappa shape index (κ2) is 9.98. The SMILES string of the molecule is CCOc1ccc(NC(=O)c2csc(-c3ccc(OC)c(OC)c3)n2)cc1OCC. The lowest BCUT2D eigenvalue weighted by atomic mass is 10.2. The Bertz CT molecular complexity index is 1020. The molecule has 0 fully saturated rings. The summed E-state index contributed by atoms with van der Waals surface area (Å²) in [7, 11) is 3.16. The molecule has 0 saturated carbocycles. The minimum absolute atomic E-state index is 0.301. The number of carbonyl (C=O) groups excluding carboxylic acids is 1. The van der Waals surface area contributed by atoms with E-state index in [2.05, 4.69) is 10.3 Å². The minimum atomic E-state index is -0.301. The third kappa shape index (κ3) is 4.83. The zero-order valence-electron chi connectivity index (χ0n) is 17.4. The number of benzene rings is 2. The van der Waals surface area contributed by atoms with Crippen molar-refractivity contribution in [3.8, 4) is 33.6 Å². The van der Waals surface area contributed by atoms with Gasteiger partial charge in [0.1, 0.15) is 10.7 Å². The second-order valence-electron chi connectivity index (χ2n) is 6.09. The molecule has 1 aromatic heterocycles. The molecule has 2 aromatic carbocycles. The molecule has 158 valence electrons. The highest BCUT2D eigenvalue weighted by molar-refractivity contribution is 7.13. The van der Waals surface area contributed by atoms with Gasteiger partial charge < -0.3 is 24.3 Å². The number of rotatable bonds is 9. The Labute approximate surface area is 179 Å². The van der Waals surface area contributed by atoms with Crippen LogP contribution in [0, 0.1) is 0 Å². The molecule has 0 spiro atoms. The number of anilines is 1. The van der Waals surface area contributed by atoms with Crippen molar-refractivity contribution in [3.63, 3.8) is 0 Å². The fourth-order valence-electron chi connectivity index (χ4n) is 2.80. The van der Waals surface area contributed by atoms with Crippen LogP contribution in [-0.4, -0.2) is 38.3 Å². The molecule has 0 saturated heterocycles. The van der Waals surface area contributed by atoms with Gasteiger partial charge in [-0.2, -0.15) is 0 Å². The molecule has 30 heavy (non-hydrogen) atoms. The molecule has 8 heteroatoms. The lowest BCUT2D eigenvalue weighted by Gasteiger charge is -2.12. The molecule has 0 bridgehead atoms. The van der Waals surface area contributed by atoms with E-state index < -0.39 is 0 Å². The van der Waals surface area contributed by atoms with Gasteiger partial charge in [0.25, 0.3) is 5.91 Å². The monoisotopic (exact) mass is 428 g/mol. The van der Waals surface area contributed by atoms with Gasteiger partial charge in [0.05, 0.1) is 27.4 Å². The number of amides is 1. The molecular weight excluding hydrogens is 404 g/mol. The van der Waals surface area contributed by atoms with Crippen molar-refractivity contribution in [3.05, 3.63) is 47.5 Å². The van der Waals surface area contributed by atoms with Crippen molar-refractivity contribution >= 4 is 22.9 Å². The van der Waals surface area contributed by atoms with E-state index in [9.17, 15) is 4.79 Å². The maximum Gasteiger partial charge on any atom is 0.275 e. The Hall–Kier alpha value is -3.26. The summed E-state index contributed by atoms with van der Waals surface area (Å²) in [5, 5.41) is 5.29. The summed E-state index contributed by atoms with van der Waals surface area (Å²) in [6, 6.07) is 10.8. The Morgan fingerprint density at radius 2 is 1.63 bits per heavy atom. The summed E-state index contributed by atoms with van der Waals surface area (Å²) in [4.78, 5) is 17.1. The first-order chi connectivity index (χ1) is 14.6. The zero-order chi connectivity index (χ0) is 21.5. The average molecular weight is 429 g/mol. The molecule has 0 unspecified atom stereocenters. The number of hydrogen-bond acceptors (Lipinski definition) is 7. The first kappa shape index (κ1) is 21.4. The van der Waals surface area contributed by atoms with E-state index in [0.29, 0.717) is 52.6 Å².